The minimum Gasteiger partial charge on any atom is -0.460 e. The van der Waals surface area contributed by atoms with Gasteiger partial charge in [-0.25, -0.2) is 13.6 Å². The summed E-state index contributed by atoms with van der Waals surface area (Å²) in [5.41, 5.74) is 0.467. The van der Waals surface area contributed by atoms with Gasteiger partial charge in [-0.2, -0.15) is 4.98 Å². The smallest absolute Gasteiger partial charge is 0.375 e. The van der Waals surface area contributed by atoms with Crippen molar-refractivity contribution in [3.8, 4) is 11.3 Å². The standard InChI is InChI=1S/C14H9F2IN2O3/c1-2-21-13(20)10-6-19-12(17)11(18-14(19)22-10)8-4-3-7(15)5-9(8)16/h3-6H,2H2,1H3. The van der Waals surface area contributed by atoms with Gasteiger partial charge in [0.15, 0.2) is 0 Å². The number of halogens is 3. The molecule has 0 spiro atoms. The van der Waals surface area contributed by atoms with Crippen LogP contribution in [0.3, 0.4) is 0 Å². The SMILES string of the molecule is CCOC(=O)c1cn2c(I)c(-c3ccc(F)cc3F)nc2o1. The minimum atomic E-state index is -0.718. The third-order valence-corrected chi connectivity index (χ3v) is 3.96. The summed E-state index contributed by atoms with van der Waals surface area (Å²) in [5, 5.41) is 0. The summed E-state index contributed by atoms with van der Waals surface area (Å²) in [5.74, 6) is -1.84. The predicted octanol–water partition coefficient (Wildman–Crippen LogP) is 3.65. The first-order valence-electron chi connectivity index (χ1n) is 6.31. The molecule has 2 heterocycles. The summed E-state index contributed by atoms with van der Waals surface area (Å²) < 4.78 is 39.0. The van der Waals surface area contributed by atoms with Crippen LogP contribution >= 0.6 is 22.6 Å². The first-order chi connectivity index (χ1) is 10.5. The molecule has 0 bridgehead atoms. The van der Waals surface area contributed by atoms with Gasteiger partial charge in [-0.15, -0.1) is 0 Å². The van der Waals surface area contributed by atoms with E-state index in [-0.39, 0.29) is 23.8 Å². The number of rotatable bonds is 3. The van der Waals surface area contributed by atoms with Gasteiger partial charge in [0, 0.05) is 11.6 Å². The van der Waals surface area contributed by atoms with Gasteiger partial charge in [0.1, 0.15) is 21.0 Å². The number of carbonyl (C=O) groups excluding carboxylic acids is 1. The predicted molar refractivity (Wildman–Crippen MR) is 81.5 cm³/mol. The molecule has 0 amide bonds. The third-order valence-electron chi connectivity index (χ3n) is 2.93. The van der Waals surface area contributed by atoms with Crippen molar-refractivity contribution in [2.45, 2.75) is 6.92 Å². The van der Waals surface area contributed by atoms with E-state index < -0.39 is 17.6 Å². The maximum atomic E-state index is 13.9. The normalized spacial score (nSPS) is 11.1. The Balaban J connectivity index is 2.08. The molecule has 1 aromatic carbocycles. The summed E-state index contributed by atoms with van der Waals surface area (Å²) in [6.45, 7) is 1.91. The fourth-order valence-corrected chi connectivity index (χ4v) is 2.73. The zero-order chi connectivity index (χ0) is 15.9. The maximum absolute atomic E-state index is 13.9. The number of nitrogens with zero attached hydrogens (tertiary/aromatic N) is 2. The lowest BCUT2D eigenvalue weighted by atomic mass is 10.1. The van der Waals surface area contributed by atoms with Gasteiger partial charge in [0.05, 0.1) is 12.8 Å². The highest BCUT2D eigenvalue weighted by Gasteiger charge is 2.21. The average Bonchev–Trinajstić information content (AvgIpc) is 3.00. The van der Waals surface area contributed by atoms with Crippen molar-refractivity contribution in [1.29, 1.82) is 0 Å². The molecule has 114 valence electrons. The summed E-state index contributed by atoms with van der Waals surface area (Å²) in [6.07, 6.45) is 1.42. The maximum Gasteiger partial charge on any atom is 0.375 e. The topological polar surface area (TPSA) is 56.7 Å². The molecule has 0 radical (unpaired) electrons. The zero-order valence-electron chi connectivity index (χ0n) is 11.3. The van der Waals surface area contributed by atoms with Crippen molar-refractivity contribution < 1.29 is 22.7 Å². The van der Waals surface area contributed by atoms with Crippen LogP contribution in [0.4, 0.5) is 8.78 Å². The van der Waals surface area contributed by atoms with Gasteiger partial charge in [0.25, 0.3) is 0 Å². The van der Waals surface area contributed by atoms with Crippen molar-refractivity contribution in [1.82, 2.24) is 9.38 Å². The molecule has 0 saturated carbocycles. The van der Waals surface area contributed by atoms with Crippen molar-refractivity contribution in [2.75, 3.05) is 6.61 Å². The molecule has 0 unspecified atom stereocenters. The summed E-state index contributed by atoms with van der Waals surface area (Å²) in [6, 6.07) is 3.25. The van der Waals surface area contributed by atoms with Gasteiger partial charge in [-0.3, -0.25) is 4.40 Å². The number of ether oxygens (including phenoxy) is 1. The second kappa shape index (κ2) is 5.67. The summed E-state index contributed by atoms with van der Waals surface area (Å²) in [4.78, 5) is 15.8. The van der Waals surface area contributed by atoms with E-state index in [0.29, 0.717) is 9.39 Å². The number of esters is 1. The van der Waals surface area contributed by atoms with Gasteiger partial charge in [-0.1, -0.05) is 0 Å². The molecule has 0 aliphatic heterocycles. The van der Waals surface area contributed by atoms with E-state index in [9.17, 15) is 13.6 Å². The van der Waals surface area contributed by atoms with Crippen LogP contribution in [0, 0.1) is 15.3 Å². The molecule has 22 heavy (non-hydrogen) atoms. The van der Waals surface area contributed by atoms with Crippen molar-refractivity contribution in [3.63, 3.8) is 0 Å². The van der Waals surface area contributed by atoms with Gasteiger partial charge in [0.2, 0.25) is 5.76 Å². The molecule has 5 nitrogen and oxygen atoms in total. The van der Waals surface area contributed by atoms with Gasteiger partial charge >= 0.3 is 11.8 Å². The number of oxazole rings is 1. The third kappa shape index (κ3) is 2.47. The minimum absolute atomic E-state index is 0.00777. The first-order valence-corrected chi connectivity index (χ1v) is 7.39. The number of benzene rings is 1. The number of fused-ring (bicyclic) bond motifs is 1. The Morgan fingerprint density at radius 1 is 1.45 bits per heavy atom. The zero-order valence-corrected chi connectivity index (χ0v) is 13.4. The Morgan fingerprint density at radius 3 is 2.86 bits per heavy atom. The highest BCUT2D eigenvalue weighted by molar-refractivity contribution is 14.1. The summed E-state index contributed by atoms with van der Waals surface area (Å²) in [7, 11) is 0. The van der Waals surface area contributed by atoms with E-state index in [4.69, 9.17) is 9.15 Å². The molecule has 3 aromatic rings. The highest BCUT2D eigenvalue weighted by Crippen LogP contribution is 2.29. The molecule has 0 atom stereocenters. The molecular formula is C14H9F2IN2O3. The number of imidazole rings is 1. The number of carbonyl (C=O) groups is 1. The van der Waals surface area contributed by atoms with Gasteiger partial charge in [-0.05, 0) is 41.6 Å². The van der Waals surface area contributed by atoms with Crippen LogP contribution < -0.4 is 0 Å². The van der Waals surface area contributed by atoms with E-state index >= 15 is 0 Å². The fourth-order valence-electron chi connectivity index (χ4n) is 1.97. The number of hydrogen-bond acceptors (Lipinski definition) is 4. The largest absolute Gasteiger partial charge is 0.460 e. The Bertz CT molecular complexity index is 872. The van der Waals surface area contributed by atoms with Gasteiger partial charge < -0.3 is 9.15 Å². The Labute approximate surface area is 137 Å². The lowest BCUT2D eigenvalue weighted by molar-refractivity contribution is 0.0492. The molecule has 0 N–H and O–H groups in total. The first kappa shape index (κ1) is 14.9. The van der Waals surface area contributed by atoms with Crippen LogP contribution in [-0.2, 0) is 4.74 Å². The van der Waals surface area contributed by atoms with Crippen LogP contribution in [-0.4, -0.2) is 22.0 Å². The Kier molecular flexibility index (Phi) is 3.85. The molecule has 0 saturated heterocycles. The highest BCUT2D eigenvalue weighted by atomic mass is 127. The van der Waals surface area contributed by atoms with E-state index in [2.05, 4.69) is 4.98 Å². The van der Waals surface area contributed by atoms with Crippen molar-refractivity contribution in [3.05, 3.63) is 45.5 Å². The molecule has 3 rings (SSSR count). The number of aromatic nitrogens is 2. The average molecular weight is 418 g/mol. The molecule has 0 aliphatic carbocycles. The number of hydrogen-bond donors (Lipinski definition) is 0. The molecule has 8 heteroatoms. The van der Waals surface area contributed by atoms with E-state index in [1.165, 1.54) is 16.7 Å². The van der Waals surface area contributed by atoms with Crippen molar-refractivity contribution in [2.24, 2.45) is 0 Å². The Hall–Kier alpha value is -1.97. The molecular weight excluding hydrogens is 409 g/mol. The van der Waals surface area contributed by atoms with Crippen LogP contribution in [0.2, 0.25) is 0 Å². The lowest BCUT2D eigenvalue weighted by Gasteiger charge is -2.00. The Morgan fingerprint density at radius 2 is 2.23 bits per heavy atom. The quantitative estimate of drug-likeness (QED) is 0.482. The monoisotopic (exact) mass is 418 g/mol. The fraction of sp³-hybridized carbons (Fsp3) is 0.143. The lowest BCUT2D eigenvalue weighted by Crippen LogP contribution is -2.03. The van der Waals surface area contributed by atoms with Crippen LogP contribution in [0.25, 0.3) is 17.1 Å². The van der Waals surface area contributed by atoms with E-state index in [1.54, 1.807) is 6.92 Å². The second-order valence-electron chi connectivity index (χ2n) is 4.34. The van der Waals surface area contributed by atoms with Crippen LogP contribution in [0.5, 0.6) is 0 Å². The second-order valence-corrected chi connectivity index (χ2v) is 5.37. The van der Waals surface area contributed by atoms with E-state index in [1.807, 2.05) is 22.6 Å². The van der Waals surface area contributed by atoms with Crippen molar-refractivity contribution >= 4 is 34.4 Å². The van der Waals surface area contributed by atoms with Crippen LogP contribution in [0.1, 0.15) is 17.5 Å². The molecule has 0 aliphatic rings. The summed E-state index contributed by atoms with van der Waals surface area (Å²) >= 11 is 1.95. The van der Waals surface area contributed by atoms with Crippen LogP contribution in [0.15, 0.2) is 28.8 Å². The molecule has 0 fully saturated rings. The van der Waals surface area contributed by atoms with E-state index in [0.717, 1.165) is 12.1 Å². The molecule has 2 aromatic heterocycles.